The minimum atomic E-state index is -1.27. The summed E-state index contributed by atoms with van der Waals surface area (Å²) in [6, 6.07) is 0. The molecule has 4 nitrogen and oxygen atoms in total. The molecule has 0 radical (unpaired) electrons. The van der Waals surface area contributed by atoms with Gasteiger partial charge in [0.2, 0.25) is 0 Å². The normalized spacial score (nSPS) is 8.60. The van der Waals surface area contributed by atoms with Crippen molar-refractivity contribution in [2.75, 3.05) is 0 Å². The van der Waals surface area contributed by atoms with Crippen LogP contribution in [0.4, 0.5) is 0 Å². The number of carbonyl (C=O) groups is 2. The molecule has 0 heterocycles. The van der Waals surface area contributed by atoms with Crippen LogP contribution in [0, 0.1) is 5.92 Å². The zero-order chi connectivity index (χ0) is 7.44. The van der Waals surface area contributed by atoms with Gasteiger partial charge in [0.15, 0.2) is 5.92 Å². The van der Waals surface area contributed by atoms with Gasteiger partial charge in [0.05, 0.1) is 0 Å². The van der Waals surface area contributed by atoms with Crippen LogP contribution in [-0.4, -0.2) is 22.2 Å². The van der Waals surface area contributed by atoms with Crippen LogP contribution in [0.1, 0.15) is 13.3 Å². The Balaban J connectivity index is 0. The predicted molar refractivity (Wildman–Crippen MR) is 29.1 cm³/mol. The van der Waals surface area contributed by atoms with Crippen molar-refractivity contribution in [1.29, 1.82) is 0 Å². The Morgan fingerprint density at radius 1 is 1.30 bits per heavy atom. The van der Waals surface area contributed by atoms with E-state index in [9.17, 15) is 9.59 Å². The van der Waals surface area contributed by atoms with E-state index in [4.69, 9.17) is 10.2 Å². The standard InChI is InChI=1S/C5H8O4.Pt/c1-2-3(4(6)7)5(8)9;/h3H,2H2,1H3,(H,6,7)(H,8,9);. The number of carboxylic acid groups (broad SMARTS) is 2. The molecule has 0 aliphatic heterocycles. The molecule has 0 aliphatic carbocycles. The van der Waals surface area contributed by atoms with E-state index in [0.29, 0.717) is 0 Å². The van der Waals surface area contributed by atoms with Crippen LogP contribution in [0.2, 0.25) is 0 Å². The molecule has 0 rings (SSSR count). The molecule has 0 aromatic heterocycles. The minimum Gasteiger partial charge on any atom is -0.481 e. The molecule has 0 atom stereocenters. The summed E-state index contributed by atoms with van der Waals surface area (Å²) in [6.45, 7) is 1.52. The zero-order valence-electron chi connectivity index (χ0n) is 5.31. The fourth-order valence-electron chi connectivity index (χ4n) is 0.455. The van der Waals surface area contributed by atoms with Crippen LogP contribution >= 0.6 is 0 Å². The molecule has 2 N–H and O–H groups in total. The average molecular weight is 327 g/mol. The first-order valence-corrected chi connectivity index (χ1v) is 2.55. The summed E-state index contributed by atoms with van der Waals surface area (Å²) in [7, 11) is 0. The van der Waals surface area contributed by atoms with E-state index < -0.39 is 17.9 Å². The SMILES string of the molecule is CCC(C(=O)O)C(=O)O.[Pt]. The first-order valence-electron chi connectivity index (χ1n) is 2.55. The quantitative estimate of drug-likeness (QED) is 0.725. The van der Waals surface area contributed by atoms with Crippen LogP contribution < -0.4 is 0 Å². The van der Waals surface area contributed by atoms with E-state index in [2.05, 4.69) is 0 Å². The number of aliphatic carboxylic acids is 2. The number of rotatable bonds is 3. The van der Waals surface area contributed by atoms with Gasteiger partial charge in [0, 0.05) is 21.1 Å². The van der Waals surface area contributed by atoms with Crippen molar-refractivity contribution in [3.63, 3.8) is 0 Å². The molecule has 0 aliphatic rings. The van der Waals surface area contributed by atoms with Gasteiger partial charge >= 0.3 is 11.9 Å². The molecule has 0 aromatic rings. The number of carboxylic acids is 2. The smallest absolute Gasteiger partial charge is 0.317 e. The molecule has 0 spiro atoms. The van der Waals surface area contributed by atoms with Gasteiger partial charge in [-0.05, 0) is 6.42 Å². The van der Waals surface area contributed by atoms with E-state index in [-0.39, 0.29) is 27.5 Å². The third-order valence-corrected chi connectivity index (χ3v) is 1.00. The molecule has 0 amide bonds. The van der Waals surface area contributed by atoms with Crippen LogP contribution in [0.25, 0.3) is 0 Å². The molecule has 0 aromatic carbocycles. The Hall–Kier alpha value is -0.372. The summed E-state index contributed by atoms with van der Waals surface area (Å²) >= 11 is 0. The third-order valence-electron chi connectivity index (χ3n) is 1.00. The van der Waals surface area contributed by atoms with Gasteiger partial charge in [0.25, 0.3) is 0 Å². The monoisotopic (exact) mass is 327 g/mol. The fourth-order valence-corrected chi connectivity index (χ4v) is 0.455. The average Bonchev–Trinajstić information content (AvgIpc) is 1.64. The van der Waals surface area contributed by atoms with E-state index in [1.54, 1.807) is 0 Å². The van der Waals surface area contributed by atoms with Gasteiger partial charge < -0.3 is 10.2 Å². The van der Waals surface area contributed by atoms with E-state index in [1.165, 1.54) is 6.92 Å². The Kier molecular flexibility index (Phi) is 6.67. The third kappa shape index (κ3) is 3.62. The maximum Gasteiger partial charge on any atom is 0.317 e. The second kappa shape index (κ2) is 5.42. The van der Waals surface area contributed by atoms with E-state index >= 15 is 0 Å². The van der Waals surface area contributed by atoms with Gasteiger partial charge in [0.1, 0.15) is 0 Å². The molecule has 62 valence electrons. The maximum absolute atomic E-state index is 9.99. The molecular formula is C5H8O4Pt. The molecule has 0 bridgehead atoms. The zero-order valence-corrected chi connectivity index (χ0v) is 7.58. The summed E-state index contributed by atoms with van der Waals surface area (Å²) in [6.07, 6.45) is 0.130. The van der Waals surface area contributed by atoms with Crippen molar-refractivity contribution in [3.05, 3.63) is 0 Å². The topological polar surface area (TPSA) is 74.6 Å². The molecule has 0 unspecified atom stereocenters. The Bertz CT molecular complexity index is 120. The molecule has 0 fully saturated rings. The van der Waals surface area contributed by atoms with Crippen molar-refractivity contribution >= 4 is 11.9 Å². The largest absolute Gasteiger partial charge is 0.481 e. The molecule has 0 saturated heterocycles. The van der Waals surface area contributed by atoms with Crippen LogP contribution in [0.15, 0.2) is 0 Å². The second-order valence-electron chi connectivity index (χ2n) is 1.64. The van der Waals surface area contributed by atoms with Gasteiger partial charge in [-0.2, -0.15) is 0 Å². The Labute approximate surface area is 72.5 Å². The summed E-state index contributed by atoms with van der Waals surface area (Å²) in [5, 5.41) is 16.3. The summed E-state index contributed by atoms with van der Waals surface area (Å²) in [4.78, 5) is 20.0. The van der Waals surface area contributed by atoms with E-state index in [1.807, 2.05) is 0 Å². The molecular weight excluding hydrogens is 319 g/mol. The Morgan fingerprint density at radius 2 is 1.60 bits per heavy atom. The van der Waals surface area contributed by atoms with Crippen LogP contribution in [0.5, 0.6) is 0 Å². The van der Waals surface area contributed by atoms with Gasteiger partial charge in [-0.15, -0.1) is 0 Å². The van der Waals surface area contributed by atoms with E-state index in [0.717, 1.165) is 0 Å². The van der Waals surface area contributed by atoms with Crippen molar-refractivity contribution < 1.29 is 40.9 Å². The fraction of sp³-hybridized carbons (Fsp3) is 0.600. The molecule has 10 heavy (non-hydrogen) atoms. The summed E-state index contributed by atoms with van der Waals surface area (Å²) < 4.78 is 0. The maximum atomic E-state index is 9.99. The first-order chi connectivity index (χ1) is 4.09. The van der Waals surface area contributed by atoms with Crippen LogP contribution in [-0.2, 0) is 30.7 Å². The first kappa shape index (κ1) is 12.3. The summed E-state index contributed by atoms with van der Waals surface area (Å²) in [5.41, 5.74) is 0. The number of hydrogen-bond donors (Lipinski definition) is 2. The minimum absolute atomic E-state index is 0. The van der Waals surface area contributed by atoms with Crippen molar-refractivity contribution in [2.45, 2.75) is 13.3 Å². The van der Waals surface area contributed by atoms with Gasteiger partial charge in [-0.3, -0.25) is 9.59 Å². The Morgan fingerprint density at radius 3 is 1.60 bits per heavy atom. The summed E-state index contributed by atoms with van der Waals surface area (Å²) in [5.74, 6) is -3.79. The van der Waals surface area contributed by atoms with Crippen molar-refractivity contribution in [2.24, 2.45) is 5.92 Å². The molecule has 0 saturated carbocycles. The van der Waals surface area contributed by atoms with Gasteiger partial charge in [-0.1, -0.05) is 6.92 Å². The second-order valence-corrected chi connectivity index (χ2v) is 1.64. The number of hydrogen-bond acceptors (Lipinski definition) is 2. The van der Waals surface area contributed by atoms with Crippen molar-refractivity contribution in [1.82, 2.24) is 0 Å². The van der Waals surface area contributed by atoms with Gasteiger partial charge in [-0.25, -0.2) is 0 Å². The van der Waals surface area contributed by atoms with Crippen molar-refractivity contribution in [3.8, 4) is 0 Å². The molecule has 5 heteroatoms. The van der Waals surface area contributed by atoms with Crippen LogP contribution in [0.3, 0.4) is 0 Å². The predicted octanol–water partition coefficient (Wildman–Crippen LogP) is 0.179.